The van der Waals surface area contributed by atoms with Crippen LogP contribution in [0.2, 0.25) is 0 Å². The first-order valence-corrected chi connectivity index (χ1v) is 11.0. The molecule has 8 nitrogen and oxygen atoms in total. The number of amidine groups is 1. The number of nitro groups is 1. The van der Waals surface area contributed by atoms with E-state index in [1.54, 1.807) is 24.3 Å². The lowest BCUT2D eigenvalue weighted by molar-refractivity contribution is -0.384. The Hall–Kier alpha value is -3.59. The van der Waals surface area contributed by atoms with E-state index in [0.29, 0.717) is 48.5 Å². The lowest BCUT2D eigenvalue weighted by Crippen LogP contribution is -2.48. The number of nitro benzene ring substituents is 1. The molecule has 32 heavy (non-hydrogen) atoms. The molecule has 2 heterocycles. The summed E-state index contributed by atoms with van der Waals surface area (Å²) < 4.78 is 5.48. The summed E-state index contributed by atoms with van der Waals surface area (Å²) in [6.07, 6.45) is 3.51. The number of para-hydroxylation sites is 2. The minimum Gasteiger partial charge on any atom is -0.490 e. The maximum Gasteiger partial charge on any atom is 0.292 e. The van der Waals surface area contributed by atoms with Gasteiger partial charge in [-0.25, -0.2) is 0 Å². The second-order valence-electron chi connectivity index (χ2n) is 7.20. The van der Waals surface area contributed by atoms with Crippen molar-refractivity contribution in [3.05, 3.63) is 81.8 Å². The fraction of sp³-hybridized carbons (Fsp3) is 0.217. The summed E-state index contributed by atoms with van der Waals surface area (Å²) in [6, 6.07) is 14.3. The highest BCUT2D eigenvalue weighted by Crippen LogP contribution is 2.33. The lowest BCUT2D eigenvalue weighted by Gasteiger charge is -2.36. The molecule has 0 bridgehead atoms. The van der Waals surface area contributed by atoms with Crippen molar-refractivity contribution in [3.8, 4) is 5.75 Å². The van der Waals surface area contributed by atoms with Crippen LogP contribution in [0.15, 0.2) is 71.1 Å². The molecule has 1 fully saturated rings. The van der Waals surface area contributed by atoms with E-state index in [4.69, 9.17) is 4.74 Å². The number of ether oxygens (including phenoxy) is 1. The van der Waals surface area contributed by atoms with Gasteiger partial charge in [-0.2, -0.15) is 4.99 Å². The van der Waals surface area contributed by atoms with Gasteiger partial charge in [0, 0.05) is 32.2 Å². The summed E-state index contributed by atoms with van der Waals surface area (Å²) in [6.45, 7) is 6.56. The molecule has 0 aliphatic carbocycles. The summed E-state index contributed by atoms with van der Waals surface area (Å²) >= 11 is 1.36. The number of thioether (sulfide) groups is 1. The van der Waals surface area contributed by atoms with Gasteiger partial charge in [-0.1, -0.05) is 36.9 Å². The van der Waals surface area contributed by atoms with Crippen molar-refractivity contribution in [2.24, 2.45) is 4.99 Å². The van der Waals surface area contributed by atoms with Gasteiger partial charge in [-0.3, -0.25) is 14.9 Å². The molecule has 0 spiro atoms. The van der Waals surface area contributed by atoms with Gasteiger partial charge < -0.3 is 14.5 Å². The van der Waals surface area contributed by atoms with Crippen LogP contribution in [0.5, 0.6) is 5.75 Å². The van der Waals surface area contributed by atoms with Gasteiger partial charge in [0.15, 0.2) is 5.17 Å². The van der Waals surface area contributed by atoms with E-state index >= 15 is 0 Å². The highest BCUT2D eigenvalue weighted by Gasteiger charge is 2.30. The molecule has 9 heteroatoms. The number of carbonyl (C=O) groups excluding carboxylic acids is 1. The molecule has 0 radical (unpaired) electrons. The highest BCUT2D eigenvalue weighted by molar-refractivity contribution is 8.18. The Morgan fingerprint density at radius 1 is 1.09 bits per heavy atom. The Morgan fingerprint density at radius 3 is 2.47 bits per heavy atom. The van der Waals surface area contributed by atoms with Crippen molar-refractivity contribution in [1.29, 1.82) is 0 Å². The van der Waals surface area contributed by atoms with E-state index in [9.17, 15) is 14.9 Å². The Labute approximate surface area is 190 Å². The third-order valence-electron chi connectivity index (χ3n) is 5.12. The van der Waals surface area contributed by atoms with Crippen molar-refractivity contribution >= 4 is 40.3 Å². The maximum absolute atomic E-state index is 12.4. The van der Waals surface area contributed by atoms with Crippen LogP contribution in [0.3, 0.4) is 0 Å². The number of rotatable bonds is 6. The van der Waals surface area contributed by atoms with Crippen LogP contribution in [-0.4, -0.2) is 53.7 Å². The number of hydrogen-bond donors (Lipinski definition) is 0. The molecule has 0 saturated carbocycles. The van der Waals surface area contributed by atoms with E-state index in [0.717, 1.165) is 11.3 Å². The van der Waals surface area contributed by atoms with Gasteiger partial charge in [0.1, 0.15) is 18.0 Å². The SMILES string of the molecule is C=CCOc1ccc(/C=C2/SC(N3CCN(c4ccccc4[N+](=O)[O-])CC3)=NC2=O)cc1. The van der Waals surface area contributed by atoms with Crippen LogP contribution in [0.25, 0.3) is 6.08 Å². The van der Waals surface area contributed by atoms with Crippen LogP contribution in [0.4, 0.5) is 11.4 Å². The predicted octanol–water partition coefficient (Wildman–Crippen LogP) is 3.95. The number of nitrogens with zero attached hydrogens (tertiary/aromatic N) is 4. The van der Waals surface area contributed by atoms with Crippen LogP contribution < -0.4 is 9.64 Å². The van der Waals surface area contributed by atoms with Gasteiger partial charge in [-0.15, -0.1) is 0 Å². The summed E-state index contributed by atoms with van der Waals surface area (Å²) in [5.41, 5.74) is 1.62. The Kier molecular flexibility index (Phi) is 6.55. The molecular formula is C23H22N4O4S. The zero-order valence-electron chi connectivity index (χ0n) is 17.3. The minimum atomic E-state index is -0.355. The number of carbonyl (C=O) groups is 1. The van der Waals surface area contributed by atoms with Gasteiger partial charge in [0.2, 0.25) is 0 Å². The van der Waals surface area contributed by atoms with Crippen molar-refractivity contribution < 1.29 is 14.5 Å². The fourth-order valence-corrected chi connectivity index (χ4v) is 4.49. The zero-order valence-corrected chi connectivity index (χ0v) is 18.2. The Balaban J connectivity index is 1.38. The van der Waals surface area contributed by atoms with Crippen molar-refractivity contribution in [3.63, 3.8) is 0 Å². The summed E-state index contributed by atoms with van der Waals surface area (Å²) in [5, 5.41) is 12.0. The molecule has 1 amide bonds. The highest BCUT2D eigenvalue weighted by atomic mass is 32.2. The number of aliphatic imine (C=N–C) groups is 1. The third kappa shape index (κ3) is 4.83. The normalized spacial score (nSPS) is 17.4. The second-order valence-corrected chi connectivity index (χ2v) is 8.21. The summed E-state index contributed by atoms with van der Waals surface area (Å²) in [7, 11) is 0. The van der Waals surface area contributed by atoms with E-state index in [2.05, 4.69) is 16.5 Å². The second kappa shape index (κ2) is 9.69. The Morgan fingerprint density at radius 2 is 1.78 bits per heavy atom. The minimum absolute atomic E-state index is 0.106. The number of anilines is 1. The van der Waals surface area contributed by atoms with Crippen molar-refractivity contribution in [2.45, 2.75) is 0 Å². The van der Waals surface area contributed by atoms with Crippen LogP contribution in [-0.2, 0) is 4.79 Å². The van der Waals surface area contributed by atoms with Crippen LogP contribution in [0.1, 0.15) is 5.56 Å². The molecule has 2 aromatic carbocycles. The Bertz CT molecular complexity index is 1090. The molecule has 2 aromatic rings. The van der Waals surface area contributed by atoms with E-state index in [1.165, 1.54) is 17.8 Å². The molecule has 0 N–H and O–H groups in total. The number of hydrogen-bond acceptors (Lipinski definition) is 7. The smallest absolute Gasteiger partial charge is 0.292 e. The first-order chi connectivity index (χ1) is 15.5. The predicted molar refractivity (Wildman–Crippen MR) is 127 cm³/mol. The number of amides is 1. The fourth-order valence-electron chi connectivity index (χ4n) is 3.52. The number of piperazine rings is 1. The molecule has 164 valence electrons. The largest absolute Gasteiger partial charge is 0.490 e. The van der Waals surface area contributed by atoms with Gasteiger partial charge in [0.25, 0.3) is 11.6 Å². The molecule has 1 saturated heterocycles. The molecule has 0 aromatic heterocycles. The molecule has 4 rings (SSSR count). The van der Waals surface area contributed by atoms with Crippen molar-refractivity contribution in [1.82, 2.24) is 4.90 Å². The van der Waals surface area contributed by atoms with Gasteiger partial charge in [0.05, 0.1) is 9.83 Å². The monoisotopic (exact) mass is 450 g/mol. The van der Waals surface area contributed by atoms with Crippen molar-refractivity contribution in [2.75, 3.05) is 37.7 Å². The number of benzene rings is 2. The van der Waals surface area contributed by atoms with Crippen LogP contribution >= 0.6 is 11.8 Å². The standard InChI is InChI=1S/C23H22N4O4S/c1-2-15-31-18-9-7-17(8-10-18)16-21-22(28)24-23(32-21)26-13-11-25(12-14-26)19-5-3-4-6-20(19)27(29)30/h2-10,16H,1,11-15H2/b21-16+. The molecule has 2 aliphatic heterocycles. The van der Waals surface area contributed by atoms with E-state index in [-0.39, 0.29) is 16.5 Å². The topological polar surface area (TPSA) is 88.3 Å². The molecule has 0 unspecified atom stereocenters. The van der Waals surface area contributed by atoms with E-state index < -0.39 is 0 Å². The molecule has 2 aliphatic rings. The quantitative estimate of drug-likeness (QED) is 0.285. The first kappa shape index (κ1) is 21.6. The molecular weight excluding hydrogens is 428 g/mol. The lowest BCUT2D eigenvalue weighted by atomic mass is 10.2. The third-order valence-corrected chi connectivity index (χ3v) is 6.17. The van der Waals surface area contributed by atoms with E-state index in [1.807, 2.05) is 35.2 Å². The summed E-state index contributed by atoms with van der Waals surface area (Å²) in [5.74, 6) is 0.490. The average molecular weight is 451 g/mol. The zero-order chi connectivity index (χ0) is 22.5. The molecule has 0 atom stereocenters. The van der Waals surface area contributed by atoms with Gasteiger partial charge >= 0.3 is 0 Å². The van der Waals surface area contributed by atoms with Crippen LogP contribution in [0, 0.1) is 10.1 Å². The van der Waals surface area contributed by atoms with Gasteiger partial charge in [-0.05, 0) is 41.6 Å². The average Bonchev–Trinajstić information content (AvgIpc) is 3.18. The summed E-state index contributed by atoms with van der Waals surface area (Å²) in [4.78, 5) is 32.2. The maximum atomic E-state index is 12.4. The first-order valence-electron chi connectivity index (χ1n) is 10.1.